The highest BCUT2D eigenvalue weighted by Crippen LogP contribution is 2.36. The Bertz CT molecular complexity index is 606. The van der Waals surface area contributed by atoms with Crippen molar-refractivity contribution in [3.05, 3.63) is 29.6 Å². The number of carbonyl (C=O) groups is 1. The second-order valence-corrected chi connectivity index (χ2v) is 5.65. The molecule has 0 saturated carbocycles. The highest BCUT2D eigenvalue weighted by atomic mass is 19.1. The number of carbonyl (C=O) groups excluding carboxylic acids is 2. The number of piperidine rings is 1. The van der Waals surface area contributed by atoms with Crippen LogP contribution in [-0.4, -0.2) is 36.6 Å². The lowest BCUT2D eigenvalue weighted by Gasteiger charge is -2.35. The molecule has 0 bridgehead atoms. The molecule has 2 aliphatic rings. The Morgan fingerprint density at radius 3 is 2.78 bits per heavy atom. The quantitative estimate of drug-likeness (QED) is 0.750. The maximum Gasteiger partial charge on any atom is 0.409 e. The van der Waals surface area contributed by atoms with E-state index in [1.807, 2.05) is 0 Å². The van der Waals surface area contributed by atoms with Gasteiger partial charge in [0.2, 0.25) is 0 Å². The van der Waals surface area contributed by atoms with Gasteiger partial charge in [0.05, 0.1) is 18.6 Å². The summed E-state index contributed by atoms with van der Waals surface area (Å²) >= 11 is 0. The van der Waals surface area contributed by atoms with Gasteiger partial charge in [-0.25, -0.2) is 14.0 Å². The van der Waals surface area contributed by atoms with Gasteiger partial charge in [0, 0.05) is 24.6 Å². The Labute approximate surface area is 134 Å². The van der Waals surface area contributed by atoms with Crippen molar-refractivity contribution in [1.82, 2.24) is 4.90 Å². The summed E-state index contributed by atoms with van der Waals surface area (Å²) in [5.74, 6) is 0.397. The smallest absolute Gasteiger partial charge is 0.409 e. The number of nitriles is 1. The van der Waals surface area contributed by atoms with Crippen LogP contribution in [-0.2, 0) is 9.53 Å². The Kier molecular flexibility index (Phi) is 5.72. The molecule has 2 rings (SSSR count). The molecule has 1 saturated heterocycles. The van der Waals surface area contributed by atoms with Gasteiger partial charge in [-0.15, -0.1) is 0 Å². The van der Waals surface area contributed by atoms with E-state index in [-0.39, 0.29) is 17.6 Å². The molecule has 0 aromatic heterocycles. The van der Waals surface area contributed by atoms with Crippen LogP contribution in [0.25, 0.3) is 0 Å². The van der Waals surface area contributed by atoms with Gasteiger partial charge in [-0.3, -0.25) is 0 Å². The first-order valence-corrected chi connectivity index (χ1v) is 7.72. The molecule has 2 unspecified atom stereocenters. The van der Waals surface area contributed by atoms with E-state index in [0.29, 0.717) is 32.5 Å². The van der Waals surface area contributed by atoms with Crippen molar-refractivity contribution in [3.63, 3.8) is 0 Å². The Morgan fingerprint density at radius 2 is 2.22 bits per heavy atom. The number of rotatable bonds is 3. The monoisotopic (exact) mass is 318 g/mol. The summed E-state index contributed by atoms with van der Waals surface area (Å²) in [5, 5.41) is 9.52. The van der Waals surface area contributed by atoms with Gasteiger partial charge in [-0.05, 0) is 37.8 Å². The predicted octanol–water partition coefficient (Wildman–Crippen LogP) is 2.79. The molecule has 0 aromatic rings. The van der Waals surface area contributed by atoms with Crippen molar-refractivity contribution in [2.24, 2.45) is 17.8 Å². The maximum atomic E-state index is 13.2. The minimum atomic E-state index is -0.506. The van der Waals surface area contributed by atoms with Crippen LogP contribution >= 0.6 is 0 Å². The average molecular weight is 318 g/mol. The van der Waals surface area contributed by atoms with Crippen molar-refractivity contribution in [1.29, 1.82) is 5.26 Å². The first-order valence-electron chi connectivity index (χ1n) is 7.72. The molecular formula is C17H19FN2O3. The number of halogens is 1. The minimum Gasteiger partial charge on any atom is -0.450 e. The van der Waals surface area contributed by atoms with Crippen LogP contribution in [0.4, 0.5) is 9.18 Å². The molecule has 1 heterocycles. The van der Waals surface area contributed by atoms with Gasteiger partial charge in [0.15, 0.2) is 0 Å². The van der Waals surface area contributed by atoms with E-state index in [4.69, 9.17) is 4.74 Å². The molecule has 0 N–H and O–H groups in total. The summed E-state index contributed by atoms with van der Waals surface area (Å²) in [6.45, 7) is 3.12. The average Bonchev–Trinajstić information content (AvgIpc) is 2.57. The van der Waals surface area contributed by atoms with Gasteiger partial charge in [-0.2, -0.15) is 5.26 Å². The largest absolute Gasteiger partial charge is 0.450 e. The highest BCUT2D eigenvalue weighted by molar-refractivity contribution is 5.67. The van der Waals surface area contributed by atoms with Crippen molar-refractivity contribution < 1.29 is 18.7 Å². The van der Waals surface area contributed by atoms with Crippen molar-refractivity contribution in [2.45, 2.75) is 19.8 Å². The van der Waals surface area contributed by atoms with Crippen LogP contribution in [0.5, 0.6) is 0 Å². The van der Waals surface area contributed by atoms with E-state index >= 15 is 0 Å². The van der Waals surface area contributed by atoms with E-state index < -0.39 is 17.7 Å². The third kappa shape index (κ3) is 3.88. The molecule has 1 aliphatic heterocycles. The minimum absolute atomic E-state index is 0.0400. The van der Waals surface area contributed by atoms with Crippen LogP contribution < -0.4 is 0 Å². The van der Waals surface area contributed by atoms with Crippen molar-refractivity contribution in [2.75, 3.05) is 19.7 Å². The lowest BCUT2D eigenvalue weighted by molar-refractivity contribution is 0.0859. The Hall–Kier alpha value is -2.38. The molecule has 1 amide bonds. The summed E-state index contributed by atoms with van der Waals surface area (Å²) < 4.78 is 18.2. The molecule has 0 radical (unpaired) electrons. The van der Waals surface area contributed by atoms with Gasteiger partial charge in [-0.1, -0.05) is 6.08 Å². The number of likely N-dealkylation sites (tertiary alicyclic amines) is 1. The number of amides is 1. The predicted molar refractivity (Wildman–Crippen MR) is 81.4 cm³/mol. The SMILES string of the molecule is CCOC(=O)N1CCC(C(C#N)C2C=CC(F)=CC2=C=O)CC1. The zero-order valence-corrected chi connectivity index (χ0v) is 13.0. The molecule has 0 aromatic carbocycles. The van der Waals surface area contributed by atoms with E-state index in [1.54, 1.807) is 23.8 Å². The molecule has 122 valence electrons. The van der Waals surface area contributed by atoms with Crippen LogP contribution in [0.15, 0.2) is 29.6 Å². The highest BCUT2D eigenvalue weighted by Gasteiger charge is 2.35. The van der Waals surface area contributed by atoms with Gasteiger partial charge in [0.25, 0.3) is 0 Å². The topological polar surface area (TPSA) is 70.4 Å². The lowest BCUT2D eigenvalue weighted by Crippen LogP contribution is -2.41. The molecule has 6 heteroatoms. The Balaban J connectivity index is 2.04. The second-order valence-electron chi connectivity index (χ2n) is 5.65. The second kappa shape index (κ2) is 7.75. The number of hydrogen-bond donors (Lipinski definition) is 0. The lowest BCUT2D eigenvalue weighted by atomic mass is 9.73. The summed E-state index contributed by atoms with van der Waals surface area (Å²) in [6.07, 6.45) is 4.94. The zero-order valence-electron chi connectivity index (χ0n) is 13.0. The fourth-order valence-electron chi connectivity index (χ4n) is 3.14. The molecule has 1 aliphatic carbocycles. The normalized spacial score (nSPS) is 22.8. The summed E-state index contributed by atoms with van der Waals surface area (Å²) in [4.78, 5) is 24.4. The maximum absolute atomic E-state index is 13.2. The van der Waals surface area contributed by atoms with E-state index in [0.717, 1.165) is 6.08 Å². The van der Waals surface area contributed by atoms with Crippen LogP contribution in [0.1, 0.15) is 19.8 Å². The first kappa shape index (κ1) is 17.0. The zero-order chi connectivity index (χ0) is 16.8. The number of hydrogen-bond acceptors (Lipinski definition) is 4. The van der Waals surface area contributed by atoms with Crippen LogP contribution in [0, 0.1) is 29.1 Å². The number of allylic oxidation sites excluding steroid dienone is 5. The fourth-order valence-corrected chi connectivity index (χ4v) is 3.14. The third-order valence-corrected chi connectivity index (χ3v) is 4.34. The summed E-state index contributed by atoms with van der Waals surface area (Å²) in [7, 11) is 0. The Morgan fingerprint density at radius 1 is 1.52 bits per heavy atom. The summed E-state index contributed by atoms with van der Waals surface area (Å²) in [6, 6.07) is 2.25. The number of nitrogens with zero attached hydrogens (tertiary/aromatic N) is 2. The first-order chi connectivity index (χ1) is 11.1. The molecule has 0 spiro atoms. The molecule has 5 nitrogen and oxygen atoms in total. The van der Waals surface area contributed by atoms with Crippen LogP contribution in [0.2, 0.25) is 0 Å². The standard InChI is InChI=1S/C17H19FN2O3/c1-2-23-17(22)20-7-5-12(6-8-20)16(10-19)15-4-3-14(18)9-13(15)11-21/h3-4,9,12,15-16H,2,5-8H2,1H3. The van der Waals surface area contributed by atoms with E-state index in [9.17, 15) is 19.2 Å². The molecule has 2 atom stereocenters. The van der Waals surface area contributed by atoms with Crippen molar-refractivity contribution in [3.8, 4) is 6.07 Å². The van der Waals surface area contributed by atoms with E-state index in [1.165, 1.54) is 6.08 Å². The van der Waals surface area contributed by atoms with Crippen molar-refractivity contribution >= 4 is 12.0 Å². The van der Waals surface area contributed by atoms with Gasteiger partial charge in [0.1, 0.15) is 11.8 Å². The van der Waals surface area contributed by atoms with Crippen LogP contribution in [0.3, 0.4) is 0 Å². The number of ether oxygens (including phenoxy) is 1. The van der Waals surface area contributed by atoms with Gasteiger partial charge >= 0.3 is 6.09 Å². The summed E-state index contributed by atoms with van der Waals surface area (Å²) in [5.41, 5.74) is 0.171. The molecule has 1 fully saturated rings. The van der Waals surface area contributed by atoms with E-state index in [2.05, 4.69) is 6.07 Å². The third-order valence-electron chi connectivity index (χ3n) is 4.34. The van der Waals surface area contributed by atoms with Gasteiger partial charge < -0.3 is 9.64 Å². The fraction of sp³-hybridized carbons (Fsp3) is 0.529. The molecule has 23 heavy (non-hydrogen) atoms. The molecular weight excluding hydrogens is 299 g/mol.